The van der Waals surface area contributed by atoms with Gasteiger partial charge in [-0.1, -0.05) is 58.3 Å². The van der Waals surface area contributed by atoms with E-state index in [0.717, 1.165) is 19.3 Å². The van der Waals surface area contributed by atoms with Gasteiger partial charge in [-0.3, -0.25) is 4.79 Å². The van der Waals surface area contributed by atoms with Crippen molar-refractivity contribution >= 4 is 11.8 Å². The molecule has 0 aromatic carbocycles. The molecule has 0 fully saturated rings. The Morgan fingerprint density at radius 2 is 1.25 bits per heavy atom. The second kappa shape index (κ2) is 12.8. The molecule has 0 heterocycles. The van der Waals surface area contributed by atoms with Crippen LogP contribution in [-0.4, -0.2) is 11.8 Å². The van der Waals surface area contributed by atoms with Crippen LogP contribution in [0.25, 0.3) is 0 Å². The van der Waals surface area contributed by atoms with Crippen molar-refractivity contribution in [2.45, 2.75) is 85.0 Å². The summed E-state index contributed by atoms with van der Waals surface area (Å²) in [6.45, 7) is 5.07. The Labute approximate surface area is 146 Å². The molecule has 0 aliphatic heterocycles. The largest absolute Gasteiger partial charge is 1.00 e. The molecule has 0 atom stereocenters. The summed E-state index contributed by atoms with van der Waals surface area (Å²) in [5, 5.41) is 10.8. The van der Waals surface area contributed by atoms with Crippen LogP contribution in [0.2, 0.25) is 0 Å². The first kappa shape index (κ1) is 22.4. The summed E-state index contributed by atoms with van der Waals surface area (Å²) in [4.78, 5) is 22.5. The second-order valence-electron chi connectivity index (χ2n) is 5.91. The van der Waals surface area contributed by atoms with Crippen LogP contribution in [0.5, 0.6) is 0 Å². The molecule has 3 nitrogen and oxygen atoms in total. The first-order valence-corrected chi connectivity index (χ1v) is 7.67. The van der Waals surface area contributed by atoms with E-state index < -0.39 is 11.4 Å². The molecule has 0 amide bonds. The smallest absolute Gasteiger partial charge is 0.549 e. The topological polar surface area (TPSA) is 57.2 Å². The van der Waals surface area contributed by atoms with Crippen LogP contribution in [0.1, 0.15) is 85.0 Å². The van der Waals surface area contributed by atoms with Gasteiger partial charge in [0.05, 0.1) is 11.4 Å². The fourth-order valence-corrected chi connectivity index (χ4v) is 2.02. The molecule has 0 rings (SSSR count). The van der Waals surface area contributed by atoms with E-state index in [1.165, 1.54) is 52.4 Å². The number of ketones is 1. The predicted octanol–water partition coefficient (Wildman–Crippen LogP) is 0.257. The molecule has 112 valence electrons. The minimum absolute atomic E-state index is 0. The SMILES string of the molecule is CCCCCCCCCCCC(=O)C(C)(C)C(=O)[O-].[Na+]. The number of carboxylic acid groups (broad SMARTS) is 1. The number of hydrogen-bond acceptors (Lipinski definition) is 3. The van der Waals surface area contributed by atoms with E-state index >= 15 is 0 Å². The number of carboxylic acids is 1. The molecule has 0 aromatic rings. The molecule has 0 saturated heterocycles. The van der Waals surface area contributed by atoms with E-state index in [1.54, 1.807) is 0 Å². The van der Waals surface area contributed by atoms with Crippen molar-refractivity contribution in [3.63, 3.8) is 0 Å². The van der Waals surface area contributed by atoms with E-state index in [9.17, 15) is 14.7 Å². The van der Waals surface area contributed by atoms with Gasteiger partial charge < -0.3 is 9.90 Å². The van der Waals surface area contributed by atoms with Crippen molar-refractivity contribution in [2.75, 3.05) is 0 Å². The van der Waals surface area contributed by atoms with E-state index in [0.29, 0.717) is 6.42 Å². The Hall–Kier alpha value is 0.140. The Morgan fingerprint density at radius 3 is 1.65 bits per heavy atom. The zero-order chi connectivity index (χ0) is 14.7. The van der Waals surface area contributed by atoms with Gasteiger partial charge in [0, 0.05) is 6.42 Å². The molecular weight excluding hydrogens is 263 g/mol. The molecule has 0 aliphatic carbocycles. The van der Waals surface area contributed by atoms with Crippen LogP contribution in [-0.2, 0) is 9.59 Å². The molecular formula is C16H29NaO3. The third-order valence-corrected chi connectivity index (χ3v) is 3.71. The molecule has 0 N–H and O–H groups in total. The number of carbonyl (C=O) groups excluding carboxylic acids is 2. The maximum atomic E-state index is 11.7. The summed E-state index contributed by atoms with van der Waals surface area (Å²) < 4.78 is 0. The van der Waals surface area contributed by atoms with Crippen molar-refractivity contribution in [2.24, 2.45) is 5.41 Å². The van der Waals surface area contributed by atoms with Crippen LogP contribution in [0.4, 0.5) is 0 Å². The molecule has 0 aromatic heterocycles. The van der Waals surface area contributed by atoms with Crippen LogP contribution in [0.3, 0.4) is 0 Å². The number of hydrogen-bond donors (Lipinski definition) is 0. The molecule has 0 spiro atoms. The van der Waals surface area contributed by atoms with Crippen LogP contribution in [0.15, 0.2) is 0 Å². The maximum Gasteiger partial charge on any atom is 1.00 e. The van der Waals surface area contributed by atoms with E-state index in [1.807, 2.05) is 0 Å². The van der Waals surface area contributed by atoms with Gasteiger partial charge >= 0.3 is 29.6 Å². The molecule has 4 heteroatoms. The summed E-state index contributed by atoms with van der Waals surface area (Å²) in [6, 6.07) is 0. The summed E-state index contributed by atoms with van der Waals surface area (Å²) >= 11 is 0. The third kappa shape index (κ3) is 9.95. The molecule has 0 saturated carbocycles. The van der Waals surface area contributed by atoms with E-state index in [2.05, 4.69) is 6.92 Å². The maximum absolute atomic E-state index is 11.7. The zero-order valence-electron chi connectivity index (χ0n) is 13.8. The van der Waals surface area contributed by atoms with Crippen molar-refractivity contribution < 1.29 is 44.3 Å². The standard InChI is InChI=1S/C16H30O3.Na/c1-4-5-6-7-8-9-10-11-12-13-14(17)16(2,3)15(18)19;/h4-13H2,1-3H3,(H,18,19);/q;+1/p-1. The average Bonchev–Trinajstić information content (AvgIpc) is 2.36. The van der Waals surface area contributed by atoms with E-state index in [-0.39, 0.29) is 35.3 Å². The fourth-order valence-electron chi connectivity index (χ4n) is 2.02. The van der Waals surface area contributed by atoms with Gasteiger partial charge in [0.1, 0.15) is 5.78 Å². The van der Waals surface area contributed by atoms with Gasteiger partial charge in [0.2, 0.25) is 0 Å². The summed E-state index contributed by atoms with van der Waals surface area (Å²) in [5.74, 6) is -1.48. The number of aliphatic carboxylic acids is 1. The molecule has 0 bridgehead atoms. The first-order chi connectivity index (χ1) is 8.92. The molecule has 0 radical (unpaired) electrons. The number of carbonyl (C=O) groups is 2. The van der Waals surface area contributed by atoms with Crippen LogP contribution in [0, 0.1) is 5.41 Å². The normalized spacial score (nSPS) is 10.9. The summed E-state index contributed by atoms with van der Waals surface area (Å²) in [5.41, 5.74) is -1.33. The Morgan fingerprint density at radius 1 is 0.850 bits per heavy atom. The van der Waals surface area contributed by atoms with Gasteiger partial charge in [-0.25, -0.2) is 0 Å². The Kier molecular flexibility index (Phi) is 14.4. The monoisotopic (exact) mass is 292 g/mol. The summed E-state index contributed by atoms with van der Waals surface area (Å²) in [6.07, 6.45) is 11.1. The molecule has 20 heavy (non-hydrogen) atoms. The molecule has 0 unspecified atom stereocenters. The number of rotatable bonds is 12. The Bertz CT molecular complexity index is 275. The average molecular weight is 292 g/mol. The minimum Gasteiger partial charge on any atom is -0.549 e. The first-order valence-electron chi connectivity index (χ1n) is 7.67. The van der Waals surface area contributed by atoms with Gasteiger partial charge in [0.15, 0.2) is 0 Å². The van der Waals surface area contributed by atoms with Crippen molar-refractivity contribution in [3.05, 3.63) is 0 Å². The minimum atomic E-state index is -1.33. The molecule has 0 aliphatic rings. The van der Waals surface area contributed by atoms with Crippen molar-refractivity contribution in [1.29, 1.82) is 0 Å². The number of unbranched alkanes of at least 4 members (excludes halogenated alkanes) is 8. The van der Waals surface area contributed by atoms with Gasteiger partial charge in [-0.2, -0.15) is 0 Å². The van der Waals surface area contributed by atoms with Crippen LogP contribution >= 0.6 is 0 Å². The number of Topliss-reactive ketones (excluding diaryl/α,β-unsaturated/α-hetero) is 1. The second-order valence-corrected chi connectivity index (χ2v) is 5.91. The van der Waals surface area contributed by atoms with Gasteiger partial charge in [-0.05, 0) is 20.3 Å². The third-order valence-electron chi connectivity index (χ3n) is 3.71. The van der Waals surface area contributed by atoms with E-state index in [4.69, 9.17) is 0 Å². The van der Waals surface area contributed by atoms with Crippen molar-refractivity contribution in [3.8, 4) is 0 Å². The van der Waals surface area contributed by atoms with Gasteiger partial charge in [0.25, 0.3) is 0 Å². The summed E-state index contributed by atoms with van der Waals surface area (Å²) in [7, 11) is 0. The van der Waals surface area contributed by atoms with Crippen LogP contribution < -0.4 is 34.7 Å². The van der Waals surface area contributed by atoms with Gasteiger partial charge in [-0.15, -0.1) is 0 Å². The zero-order valence-corrected chi connectivity index (χ0v) is 15.8. The van der Waals surface area contributed by atoms with Crippen molar-refractivity contribution in [1.82, 2.24) is 0 Å². The predicted molar refractivity (Wildman–Crippen MR) is 75.6 cm³/mol. The Balaban J connectivity index is 0. The fraction of sp³-hybridized carbons (Fsp3) is 0.875. The quantitative estimate of drug-likeness (QED) is 0.294.